The zero-order chi connectivity index (χ0) is 91.1. The number of benzene rings is 12. The molecule has 0 spiro atoms. The van der Waals surface area contributed by atoms with Crippen LogP contribution in [0.3, 0.4) is 0 Å². The number of nitrogens with zero attached hydrogens (tertiary/aromatic N) is 4. The summed E-state index contributed by atoms with van der Waals surface area (Å²) in [6.07, 6.45) is 4.76. The van der Waals surface area contributed by atoms with Gasteiger partial charge in [-0.2, -0.15) is 18.2 Å². The second kappa shape index (κ2) is 26.0. The number of rotatable bonds is 13. The number of ether oxygens (including phenoxy) is 1. The van der Waals surface area contributed by atoms with Crippen LogP contribution in [0, 0.1) is 25.3 Å². The predicted octanol–water partition coefficient (Wildman–Crippen LogP) is 19.8. The van der Waals surface area contributed by atoms with Crippen LogP contribution in [0.4, 0.5) is 0 Å². The van der Waals surface area contributed by atoms with Crippen molar-refractivity contribution >= 4 is 61.7 Å². The maximum Gasteiger partial charge on any atom is 0.268 e. The van der Waals surface area contributed by atoms with E-state index in [-0.39, 0.29) is 99.6 Å². The second-order valence-electron chi connectivity index (χ2n) is 26.8. The topological polar surface area (TPSA) is 35.9 Å². The molecule has 12 aromatic carbocycles. The van der Waals surface area contributed by atoms with Crippen LogP contribution < -0.4 is 30.1 Å². The third-order valence-electron chi connectivity index (χ3n) is 17.5. The summed E-state index contributed by atoms with van der Waals surface area (Å²) in [4.78, 5) is 4.74. The van der Waals surface area contributed by atoms with E-state index in [4.69, 9.17) is 22.1 Å². The Labute approximate surface area is 632 Å². The molecule has 0 saturated carbocycles. The molecule has 0 N–H and O–H groups in total. The van der Waals surface area contributed by atoms with Gasteiger partial charge < -0.3 is 13.9 Å². The van der Waals surface area contributed by atoms with E-state index in [0.717, 1.165) is 11.8 Å². The Morgan fingerprint density at radius 1 is 0.459 bits per heavy atom. The van der Waals surface area contributed by atoms with Gasteiger partial charge in [0.25, 0.3) is 6.33 Å². The Hall–Kier alpha value is -10.2. The van der Waals surface area contributed by atoms with Gasteiger partial charge in [-0.25, -0.2) is 4.98 Å². The number of aryl methyl sites for hydroxylation is 1. The molecule has 98 heavy (non-hydrogen) atoms. The first-order chi connectivity index (χ1) is 58.4. The van der Waals surface area contributed by atoms with Crippen LogP contribution in [0.1, 0.15) is 123 Å². The van der Waals surface area contributed by atoms with Crippen LogP contribution in [0.2, 0.25) is 0 Å². The summed E-state index contributed by atoms with van der Waals surface area (Å²) >= 11 is 0. The molecule has 0 amide bonds. The summed E-state index contributed by atoms with van der Waals surface area (Å²) in [5, 5.41) is -1.84. The van der Waals surface area contributed by atoms with Crippen molar-refractivity contribution in [2.45, 2.75) is 85.4 Å². The van der Waals surface area contributed by atoms with E-state index in [1.54, 1.807) is 63.7 Å². The van der Waals surface area contributed by atoms with Crippen LogP contribution in [0.15, 0.2) is 291 Å². The average Bonchev–Trinajstić information content (AvgIpc) is 1.52. The molecule has 0 fully saturated rings. The van der Waals surface area contributed by atoms with Gasteiger partial charge in [0.1, 0.15) is 5.82 Å². The molecule has 0 aliphatic rings. The largest absolute Gasteiger partial charge is 0.510 e. The molecule has 3 heterocycles. The quantitative estimate of drug-likeness (QED) is 0.0499. The van der Waals surface area contributed by atoms with Crippen molar-refractivity contribution in [1.82, 2.24) is 14.1 Å². The Morgan fingerprint density at radius 3 is 1.63 bits per heavy atom. The van der Waals surface area contributed by atoms with Crippen LogP contribution in [-0.4, -0.2) is 22.2 Å². The van der Waals surface area contributed by atoms with Gasteiger partial charge >= 0.3 is 0 Å². The van der Waals surface area contributed by atoms with E-state index in [0.29, 0.717) is 44.1 Å². The first kappa shape index (κ1) is 39.8. The van der Waals surface area contributed by atoms with Crippen molar-refractivity contribution in [1.29, 1.82) is 0 Å². The van der Waals surface area contributed by atoms with Crippen molar-refractivity contribution < 1.29 is 68.8 Å². The molecular weight excluding hydrogens is 1390 g/mol. The van der Waals surface area contributed by atoms with E-state index in [1.807, 2.05) is 102 Å². The summed E-state index contributed by atoms with van der Waals surface area (Å²) in [6, 6.07) is 22.1. The molecule has 5 nitrogen and oxygen atoms in total. The average molecular weight is 1490 g/mol. The molecule has 7 heteroatoms. The van der Waals surface area contributed by atoms with Gasteiger partial charge in [-0.15, -0.1) is 29.7 Å². The van der Waals surface area contributed by atoms with E-state index < -0.39 is 203 Å². The summed E-state index contributed by atoms with van der Waals surface area (Å²) in [5.74, 6) is 0.166. The van der Waals surface area contributed by atoms with Gasteiger partial charge in [0, 0.05) is 54.0 Å². The zero-order valence-corrected chi connectivity index (χ0v) is 58.1. The van der Waals surface area contributed by atoms with Crippen LogP contribution >= 0.6 is 0 Å². The molecule has 0 unspecified atom stereocenters. The fraction of sp³-hybridized carbons (Fsp3) is 0.143. The Balaban J connectivity index is 0.0000129. The normalized spacial score (nSPS) is 16.3. The molecule has 0 atom stereocenters. The number of fused-ring (bicyclic) bond motifs is 4. The zero-order valence-electron chi connectivity index (χ0n) is 82.8. The molecule has 15 aromatic rings. The summed E-state index contributed by atoms with van der Waals surface area (Å²) in [6.45, 7) is 15.1. The first-order valence-corrected chi connectivity index (χ1v) is 33.4. The number of pyridine rings is 1. The molecule has 0 bridgehead atoms. The molecular formula is C91H78N4OPtSi-2. The van der Waals surface area contributed by atoms with Gasteiger partial charge in [0.05, 0.1) is 51.0 Å². The van der Waals surface area contributed by atoms with E-state index in [2.05, 4.69) is 39.2 Å². The monoisotopic (exact) mass is 1490 g/mol. The molecule has 484 valence electrons. The summed E-state index contributed by atoms with van der Waals surface area (Å²) in [7, 11) is -6.43. The number of aromatic nitrogens is 4. The second-order valence-corrected chi connectivity index (χ2v) is 30.3. The van der Waals surface area contributed by atoms with E-state index >= 15 is 0 Å². The minimum Gasteiger partial charge on any atom is -0.510 e. The van der Waals surface area contributed by atoms with Crippen LogP contribution in [-0.2, 0) is 37.3 Å². The van der Waals surface area contributed by atoms with Gasteiger partial charge in [-0.1, -0.05) is 298 Å². The van der Waals surface area contributed by atoms with E-state index in [9.17, 15) is 26.0 Å². The minimum absolute atomic E-state index is 0. The van der Waals surface area contributed by atoms with Crippen molar-refractivity contribution in [2.75, 3.05) is 0 Å². The Kier molecular flexibility index (Phi) is 10.6. The molecule has 0 radical (unpaired) electrons. The maximum atomic E-state index is 10.4. The third kappa shape index (κ3) is 12.1. The first-order valence-electron chi connectivity index (χ1n) is 45.4. The van der Waals surface area contributed by atoms with Crippen molar-refractivity contribution in [3.05, 3.63) is 331 Å². The predicted molar refractivity (Wildman–Crippen MR) is 406 cm³/mol. The number of hydrogen-bond acceptors (Lipinski definition) is 2. The van der Waals surface area contributed by atoms with Crippen LogP contribution in [0.5, 0.6) is 11.5 Å². The Morgan fingerprint density at radius 2 is 1.03 bits per heavy atom. The van der Waals surface area contributed by atoms with Crippen molar-refractivity contribution in [2.24, 2.45) is 0 Å². The SMILES string of the molecule is [2H]c1c([2H])c([2H])c(-c2cc(-c3cc(C(C)(C)C)cc(C(C)(C)C)c3)c(-[n+]3[c-]n(-c4[c-]c(Oc5[c-]c6c(cc5)c5ccccc5n6-c5cc(C([2H])([2H])[2H])c(-c6c([2H])c([2H])c([2H])c([2H])c6[2H])cn5)ccc4)c4cc(-c5ccc(C(C)(C)C)cc5)ccc43)c([Si](c3c([2H])c([2H])c([2H])c([2H])c3[2H])(c3c([2H])c([2H])c([2H])c([2H])c3[2H])c3c([2H])c([2H])c([2H])c([2H])c3[2H])c2)c([2H])c1[2H].[Pt]. The molecule has 0 aliphatic heterocycles. The summed E-state index contributed by atoms with van der Waals surface area (Å²) < 4.78 is 276. The molecule has 0 aliphatic carbocycles. The number of hydrogen-bond donors (Lipinski definition) is 0. The maximum absolute atomic E-state index is 10.4. The van der Waals surface area contributed by atoms with Gasteiger partial charge in [0.2, 0.25) is 0 Å². The number of imidazole rings is 1. The van der Waals surface area contributed by atoms with Gasteiger partial charge in [0.15, 0.2) is 8.07 Å². The smallest absolute Gasteiger partial charge is 0.268 e. The van der Waals surface area contributed by atoms with Gasteiger partial charge in [-0.05, 0) is 140 Å². The van der Waals surface area contributed by atoms with Crippen molar-refractivity contribution in [3.8, 4) is 73.2 Å². The van der Waals surface area contributed by atoms with Crippen LogP contribution in [0.25, 0.3) is 94.5 Å². The fourth-order valence-electron chi connectivity index (χ4n) is 12.5. The Bertz CT molecular complexity index is 6800. The third-order valence-corrected chi connectivity index (χ3v) is 21.7. The fourth-order valence-corrected chi connectivity index (χ4v) is 16.6. The van der Waals surface area contributed by atoms with Gasteiger partial charge in [-0.3, -0.25) is 4.57 Å². The molecule has 0 saturated heterocycles. The minimum atomic E-state index is -6.43. The summed E-state index contributed by atoms with van der Waals surface area (Å²) in [5.41, 5.74) is 1.76. The van der Waals surface area contributed by atoms with E-state index in [1.165, 1.54) is 22.8 Å². The molecule has 3 aromatic heterocycles. The standard InChI is InChI=1S/C91H78N4OSi.Pt/c1-62-51-87(92-60-81(62)65-31-18-12-19-32-65)95-82-42-27-26-41-78(82)79-49-48-74(59-84(79)95)96-73-34-28-33-72(58-73)93-61-94(83-50-45-66(55-85(83)93)64-43-46-69(47-44-64)89(2,3)4)88-80(68-52-70(90(5,6)7)57-71(53-68)91(8,9)10)54-67(63-29-16-11-17-30-63)56-86(88)97(75-35-20-13-21-36-75,76-37-22-14-23-38-76)77-39-24-15-25-40-77;/h11-57,60H,1-10H3;/q-2;/i1D3,11D,12D,13D,14D,15D,16D,17D,18D,19D,20D,21D,22D,23D,24D,25D,29D,30D,31D,32D,35D,36D,37D,38D,39D,40D;. The number of para-hydroxylation sites is 1. The van der Waals surface area contributed by atoms with Crippen molar-refractivity contribution in [3.63, 3.8) is 0 Å². The molecule has 15 rings (SSSR count).